The summed E-state index contributed by atoms with van der Waals surface area (Å²) in [5.74, 6) is 1.16. The van der Waals surface area contributed by atoms with Crippen molar-refractivity contribution in [2.24, 2.45) is 7.05 Å². The summed E-state index contributed by atoms with van der Waals surface area (Å²) in [6.45, 7) is 3.10. The maximum absolute atomic E-state index is 4.41. The van der Waals surface area contributed by atoms with Gasteiger partial charge in [-0.15, -0.1) is 0 Å². The van der Waals surface area contributed by atoms with Gasteiger partial charge in [-0.3, -0.25) is 4.68 Å². The molecular formula is C10H16N4. The summed E-state index contributed by atoms with van der Waals surface area (Å²) in [5.41, 5.74) is 2.60. The zero-order valence-corrected chi connectivity index (χ0v) is 8.72. The Morgan fingerprint density at radius 2 is 2.21 bits per heavy atom. The normalized spacial score (nSPS) is 22.1. The Kier molecular flexibility index (Phi) is 1.42. The Bertz CT molecular complexity index is 376. The smallest absolute Gasteiger partial charge is 0.148 e. The first-order valence-corrected chi connectivity index (χ1v) is 5.26. The van der Waals surface area contributed by atoms with E-state index in [0.717, 1.165) is 18.1 Å². The van der Waals surface area contributed by atoms with Crippen molar-refractivity contribution in [1.82, 2.24) is 9.78 Å². The molecule has 0 radical (unpaired) electrons. The predicted molar refractivity (Wildman–Crippen MR) is 56.6 cm³/mol. The van der Waals surface area contributed by atoms with Crippen LogP contribution < -0.4 is 10.6 Å². The minimum atomic E-state index is 0.327. The molecule has 14 heavy (non-hydrogen) atoms. The second-order valence-electron chi connectivity index (χ2n) is 4.55. The molecule has 76 valence electrons. The Labute approximate surface area is 83.7 Å². The first-order valence-electron chi connectivity index (χ1n) is 5.26. The Morgan fingerprint density at radius 3 is 2.86 bits per heavy atom. The second-order valence-corrected chi connectivity index (χ2v) is 4.55. The molecule has 0 unspecified atom stereocenters. The topological polar surface area (TPSA) is 41.9 Å². The molecule has 1 aromatic rings. The summed E-state index contributed by atoms with van der Waals surface area (Å²) in [4.78, 5) is 0. The highest BCUT2D eigenvalue weighted by Crippen LogP contribution is 2.41. The maximum atomic E-state index is 4.41. The molecular weight excluding hydrogens is 176 g/mol. The van der Waals surface area contributed by atoms with Crippen LogP contribution in [0.25, 0.3) is 0 Å². The highest BCUT2D eigenvalue weighted by molar-refractivity contribution is 5.71. The number of hydrogen-bond acceptors (Lipinski definition) is 3. The highest BCUT2D eigenvalue weighted by atomic mass is 15.4. The fraction of sp³-hybridized carbons (Fsp3) is 0.700. The molecule has 0 saturated heterocycles. The third kappa shape index (κ3) is 0.910. The van der Waals surface area contributed by atoms with Crippen LogP contribution in [0.15, 0.2) is 0 Å². The summed E-state index contributed by atoms with van der Waals surface area (Å²) in [7, 11) is 2.00. The minimum Gasteiger partial charge on any atom is -0.378 e. The van der Waals surface area contributed by atoms with E-state index in [9.17, 15) is 0 Å². The predicted octanol–water partition coefficient (Wildman–Crippen LogP) is 1.49. The van der Waals surface area contributed by atoms with Crippen molar-refractivity contribution < 1.29 is 0 Å². The van der Waals surface area contributed by atoms with Gasteiger partial charge in [-0.2, -0.15) is 5.10 Å². The molecule has 1 saturated carbocycles. The van der Waals surface area contributed by atoms with E-state index in [2.05, 4.69) is 15.7 Å². The number of aryl methyl sites for hydroxylation is 2. The van der Waals surface area contributed by atoms with Crippen molar-refractivity contribution in [2.75, 3.05) is 17.2 Å². The fourth-order valence-electron chi connectivity index (χ4n) is 2.47. The van der Waals surface area contributed by atoms with E-state index in [1.54, 1.807) is 0 Å². The van der Waals surface area contributed by atoms with Gasteiger partial charge >= 0.3 is 0 Å². The van der Waals surface area contributed by atoms with E-state index in [1.807, 2.05) is 18.7 Å². The van der Waals surface area contributed by atoms with Crippen molar-refractivity contribution in [3.8, 4) is 0 Å². The third-order valence-corrected chi connectivity index (χ3v) is 3.52. The van der Waals surface area contributed by atoms with Crippen LogP contribution in [0.5, 0.6) is 0 Å². The molecule has 4 nitrogen and oxygen atoms in total. The summed E-state index contributed by atoms with van der Waals surface area (Å²) >= 11 is 0. The van der Waals surface area contributed by atoms with Crippen molar-refractivity contribution in [2.45, 2.75) is 31.7 Å². The molecule has 2 N–H and O–H groups in total. The highest BCUT2D eigenvalue weighted by Gasteiger charge is 2.41. The van der Waals surface area contributed by atoms with Crippen LogP contribution in [0.2, 0.25) is 0 Å². The van der Waals surface area contributed by atoms with Gasteiger partial charge in [0.05, 0.1) is 11.2 Å². The van der Waals surface area contributed by atoms with Gasteiger partial charge in [0.25, 0.3) is 0 Å². The summed E-state index contributed by atoms with van der Waals surface area (Å²) in [6, 6.07) is 0. The van der Waals surface area contributed by atoms with Crippen LogP contribution in [0.1, 0.15) is 25.0 Å². The van der Waals surface area contributed by atoms with E-state index in [1.165, 1.54) is 24.9 Å². The van der Waals surface area contributed by atoms with Gasteiger partial charge in [-0.05, 0) is 26.2 Å². The quantitative estimate of drug-likeness (QED) is 0.654. The first kappa shape index (κ1) is 8.15. The lowest BCUT2D eigenvalue weighted by Crippen LogP contribution is -2.53. The molecule has 1 aliphatic carbocycles. The lowest BCUT2D eigenvalue weighted by Gasteiger charge is -2.46. The van der Waals surface area contributed by atoms with Crippen molar-refractivity contribution in [3.05, 3.63) is 5.69 Å². The largest absolute Gasteiger partial charge is 0.378 e. The second kappa shape index (κ2) is 2.43. The van der Waals surface area contributed by atoms with Crippen molar-refractivity contribution >= 4 is 11.5 Å². The first-order chi connectivity index (χ1) is 6.70. The molecule has 1 aromatic heterocycles. The summed E-state index contributed by atoms with van der Waals surface area (Å²) < 4.78 is 1.94. The molecule has 0 atom stereocenters. The Morgan fingerprint density at radius 1 is 1.43 bits per heavy atom. The van der Waals surface area contributed by atoms with Gasteiger partial charge in [0, 0.05) is 13.6 Å². The molecule has 0 aromatic carbocycles. The molecule has 3 rings (SSSR count). The number of fused-ring (bicyclic) bond motifs is 1. The summed E-state index contributed by atoms with van der Waals surface area (Å²) in [5, 5.41) is 11.5. The van der Waals surface area contributed by atoms with Crippen LogP contribution in [-0.2, 0) is 7.05 Å². The van der Waals surface area contributed by atoms with Crippen LogP contribution >= 0.6 is 0 Å². The van der Waals surface area contributed by atoms with E-state index in [0.29, 0.717) is 5.54 Å². The summed E-state index contributed by atoms with van der Waals surface area (Å²) in [6.07, 6.45) is 3.91. The van der Waals surface area contributed by atoms with E-state index in [4.69, 9.17) is 0 Å². The standard InChI is InChI=1S/C10H16N4/c1-7-8-9(14(2)13-7)12-10(6-11-8)4-3-5-10/h11-12H,3-6H2,1-2H3. The Balaban J connectivity index is 2.00. The van der Waals surface area contributed by atoms with Gasteiger partial charge < -0.3 is 10.6 Å². The zero-order chi connectivity index (χ0) is 9.76. The van der Waals surface area contributed by atoms with Gasteiger partial charge in [0.1, 0.15) is 11.5 Å². The number of nitrogens with one attached hydrogen (secondary N) is 2. The minimum absolute atomic E-state index is 0.327. The molecule has 2 aliphatic rings. The van der Waals surface area contributed by atoms with Crippen LogP contribution in [0.3, 0.4) is 0 Å². The molecule has 4 heteroatoms. The van der Waals surface area contributed by atoms with Crippen molar-refractivity contribution in [3.63, 3.8) is 0 Å². The number of aromatic nitrogens is 2. The number of anilines is 2. The van der Waals surface area contributed by atoms with Crippen molar-refractivity contribution in [1.29, 1.82) is 0 Å². The number of hydrogen-bond donors (Lipinski definition) is 2. The third-order valence-electron chi connectivity index (χ3n) is 3.52. The lowest BCUT2D eigenvalue weighted by atomic mass is 9.76. The van der Waals surface area contributed by atoms with Gasteiger partial charge in [-0.1, -0.05) is 0 Å². The molecule has 1 spiro atoms. The Hall–Kier alpha value is -1.19. The van der Waals surface area contributed by atoms with Crippen LogP contribution in [0.4, 0.5) is 11.5 Å². The van der Waals surface area contributed by atoms with E-state index < -0.39 is 0 Å². The average Bonchev–Trinajstić information content (AvgIpc) is 2.40. The zero-order valence-electron chi connectivity index (χ0n) is 8.72. The number of nitrogens with zero attached hydrogens (tertiary/aromatic N) is 2. The fourth-order valence-corrected chi connectivity index (χ4v) is 2.47. The maximum Gasteiger partial charge on any atom is 0.148 e. The molecule has 2 heterocycles. The molecule has 0 amide bonds. The molecule has 1 fully saturated rings. The van der Waals surface area contributed by atoms with Gasteiger partial charge in [-0.25, -0.2) is 0 Å². The average molecular weight is 192 g/mol. The van der Waals surface area contributed by atoms with E-state index >= 15 is 0 Å². The van der Waals surface area contributed by atoms with E-state index in [-0.39, 0.29) is 0 Å². The SMILES string of the molecule is Cc1nn(C)c2c1NCC1(CCC1)N2. The lowest BCUT2D eigenvalue weighted by molar-refractivity contribution is 0.289. The monoisotopic (exact) mass is 192 g/mol. The molecule has 1 aliphatic heterocycles. The van der Waals surface area contributed by atoms with Gasteiger partial charge in [0.2, 0.25) is 0 Å². The van der Waals surface area contributed by atoms with Crippen LogP contribution in [-0.4, -0.2) is 21.9 Å². The van der Waals surface area contributed by atoms with Gasteiger partial charge in [0.15, 0.2) is 0 Å². The van der Waals surface area contributed by atoms with Crippen LogP contribution in [0, 0.1) is 6.92 Å². The number of rotatable bonds is 0. The molecule has 0 bridgehead atoms.